The molecule has 0 saturated carbocycles. The van der Waals surface area contributed by atoms with Gasteiger partial charge in [-0.3, -0.25) is 14.1 Å². The summed E-state index contributed by atoms with van der Waals surface area (Å²) in [5.74, 6) is -1.20. The van der Waals surface area contributed by atoms with E-state index in [1.54, 1.807) is 6.92 Å². The van der Waals surface area contributed by atoms with Crippen molar-refractivity contribution in [2.24, 2.45) is 0 Å². The fourth-order valence-electron chi connectivity index (χ4n) is 0.663. The molecule has 0 heterocycles. The monoisotopic (exact) mass is 284 g/mol. The molecule has 0 amide bonds. The molecule has 0 atom stereocenters. The molecule has 0 aromatic carbocycles. The molecule has 0 aromatic rings. The number of esters is 2. The van der Waals surface area contributed by atoms with Gasteiger partial charge in [-0.15, -0.1) is 0 Å². The first-order valence-electron chi connectivity index (χ1n) is 5.20. The summed E-state index contributed by atoms with van der Waals surface area (Å²) in [6.07, 6.45) is 0.581. The van der Waals surface area contributed by atoms with Crippen molar-refractivity contribution in [3.8, 4) is 0 Å². The Kier molecular flexibility index (Phi) is 8.57. The molecule has 0 spiro atoms. The van der Waals surface area contributed by atoms with Gasteiger partial charge in [-0.05, 0) is 6.42 Å². The lowest BCUT2D eigenvalue weighted by Crippen LogP contribution is -2.10. The van der Waals surface area contributed by atoms with Gasteiger partial charge in [0.2, 0.25) is 13.6 Å². The van der Waals surface area contributed by atoms with Crippen molar-refractivity contribution in [2.75, 3.05) is 20.2 Å². The van der Waals surface area contributed by atoms with E-state index in [4.69, 9.17) is 13.6 Å². The highest BCUT2D eigenvalue weighted by molar-refractivity contribution is 7.48. The van der Waals surface area contributed by atoms with Crippen molar-refractivity contribution < 1.29 is 37.2 Å². The second-order valence-electron chi connectivity index (χ2n) is 3.05. The second-order valence-corrected chi connectivity index (χ2v) is 4.72. The molecule has 9 heteroatoms. The summed E-state index contributed by atoms with van der Waals surface area (Å²) >= 11 is 0. The predicted octanol–water partition coefficient (Wildman–Crippen LogP) is 1.60. The Morgan fingerprint density at radius 1 is 0.944 bits per heavy atom. The van der Waals surface area contributed by atoms with Crippen LogP contribution in [0.25, 0.3) is 0 Å². The van der Waals surface area contributed by atoms with E-state index in [-0.39, 0.29) is 6.61 Å². The highest BCUT2D eigenvalue weighted by Gasteiger charge is 2.27. The standard InChI is InChI=1S/C9H17O8P/c1-4-5-15-18(12,16-6-13-8(2)10)17-7-14-9(3)11/h4-7H2,1-3H3. The zero-order valence-corrected chi connectivity index (χ0v) is 11.4. The Balaban J connectivity index is 4.19. The Bertz CT molecular complexity index is 292. The maximum atomic E-state index is 11.9. The van der Waals surface area contributed by atoms with Gasteiger partial charge in [0.05, 0.1) is 6.61 Å². The molecule has 0 radical (unpaired) electrons. The van der Waals surface area contributed by atoms with Crippen LogP contribution in [0.2, 0.25) is 0 Å². The van der Waals surface area contributed by atoms with E-state index in [1.165, 1.54) is 13.8 Å². The quantitative estimate of drug-likeness (QED) is 0.357. The summed E-state index contributed by atoms with van der Waals surface area (Å²) in [6, 6.07) is 0. The SMILES string of the molecule is CCCOP(=O)(OCOC(C)=O)OCOC(C)=O. The maximum Gasteiger partial charge on any atom is 0.480 e. The molecule has 0 aliphatic carbocycles. The lowest BCUT2D eigenvalue weighted by atomic mass is 10.5. The molecular formula is C9H17O8P. The molecule has 0 rings (SSSR count). The molecule has 0 unspecified atom stereocenters. The van der Waals surface area contributed by atoms with E-state index in [0.29, 0.717) is 6.42 Å². The van der Waals surface area contributed by atoms with Crippen LogP contribution in [0.3, 0.4) is 0 Å². The van der Waals surface area contributed by atoms with Crippen LogP contribution in [0.1, 0.15) is 27.2 Å². The van der Waals surface area contributed by atoms with E-state index in [0.717, 1.165) is 0 Å². The van der Waals surface area contributed by atoms with Gasteiger partial charge in [-0.2, -0.15) is 0 Å². The minimum absolute atomic E-state index is 0.122. The predicted molar refractivity (Wildman–Crippen MR) is 59.3 cm³/mol. The third-order valence-corrected chi connectivity index (χ3v) is 2.74. The van der Waals surface area contributed by atoms with Gasteiger partial charge in [0.15, 0.2) is 0 Å². The number of phosphoric acid groups is 1. The molecule has 0 aliphatic heterocycles. The van der Waals surface area contributed by atoms with Crippen molar-refractivity contribution in [3.63, 3.8) is 0 Å². The number of carbonyl (C=O) groups is 2. The van der Waals surface area contributed by atoms with E-state index in [1.807, 2.05) is 0 Å². The zero-order valence-electron chi connectivity index (χ0n) is 10.5. The summed E-state index contributed by atoms with van der Waals surface area (Å²) < 4.78 is 35.0. The molecule has 0 fully saturated rings. The summed E-state index contributed by atoms with van der Waals surface area (Å²) in [6.45, 7) is 3.11. The Morgan fingerprint density at radius 3 is 1.72 bits per heavy atom. The first-order valence-corrected chi connectivity index (χ1v) is 6.66. The van der Waals surface area contributed by atoms with Crippen LogP contribution in [0.15, 0.2) is 0 Å². The molecule has 18 heavy (non-hydrogen) atoms. The Labute approximate surface area is 105 Å². The van der Waals surface area contributed by atoms with Crippen molar-refractivity contribution in [1.82, 2.24) is 0 Å². The van der Waals surface area contributed by atoms with Gasteiger partial charge in [0, 0.05) is 13.8 Å². The van der Waals surface area contributed by atoms with E-state index < -0.39 is 33.3 Å². The van der Waals surface area contributed by atoms with Crippen LogP contribution in [0.5, 0.6) is 0 Å². The normalized spacial score (nSPS) is 11.1. The van der Waals surface area contributed by atoms with Gasteiger partial charge < -0.3 is 9.47 Å². The second kappa shape index (κ2) is 9.04. The molecule has 0 saturated heterocycles. The van der Waals surface area contributed by atoms with E-state index in [2.05, 4.69) is 9.47 Å². The molecule has 0 bridgehead atoms. The van der Waals surface area contributed by atoms with Crippen LogP contribution >= 0.6 is 7.82 Å². The van der Waals surface area contributed by atoms with Crippen molar-refractivity contribution in [1.29, 1.82) is 0 Å². The molecular weight excluding hydrogens is 267 g/mol. The summed E-state index contributed by atoms with van der Waals surface area (Å²) in [5.41, 5.74) is 0. The number of carbonyl (C=O) groups excluding carboxylic acids is 2. The number of ether oxygens (including phenoxy) is 2. The smallest absolute Gasteiger partial charge is 0.438 e. The molecule has 106 valence electrons. The van der Waals surface area contributed by atoms with E-state index >= 15 is 0 Å². The van der Waals surface area contributed by atoms with Crippen molar-refractivity contribution in [2.45, 2.75) is 27.2 Å². The van der Waals surface area contributed by atoms with Crippen LogP contribution in [0.4, 0.5) is 0 Å². The molecule has 0 aromatic heterocycles. The Morgan fingerprint density at radius 2 is 1.39 bits per heavy atom. The number of phosphoric ester groups is 1. The van der Waals surface area contributed by atoms with E-state index in [9.17, 15) is 14.2 Å². The zero-order chi connectivity index (χ0) is 14.0. The fourth-order valence-corrected chi connectivity index (χ4v) is 1.66. The highest BCUT2D eigenvalue weighted by atomic mass is 31.2. The Hall–Kier alpha value is -0.950. The highest BCUT2D eigenvalue weighted by Crippen LogP contribution is 2.49. The molecule has 0 N–H and O–H groups in total. The van der Waals surface area contributed by atoms with Crippen LogP contribution < -0.4 is 0 Å². The maximum absolute atomic E-state index is 11.9. The van der Waals surface area contributed by atoms with Gasteiger partial charge in [-0.1, -0.05) is 6.92 Å². The lowest BCUT2D eigenvalue weighted by Gasteiger charge is -2.16. The van der Waals surface area contributed by atoms with Crippen LogP contribution in [-0.2, 0) is 37.2 Å². The average molecular weight is 284 g/mol. The first kappa shape index (κ1) is 17.1. The largest absolute Gasteiger partial charge is 0.480 e. The van der Waals surface area contributed by atoms with Crippen molar-refractivity contribution in [3.05, 3.63) is 0 Å². The summed E-state index contributed by atoms with van der Waals surface area (Å²) in [7, 11) is -3.90. The number of rotatable bonds is 9. The van der Waals surface area contributed by atoms with Crippen molar-refractivity contribution >= 4 is 19.8 Å². The van der Waals surface area contributed by atoms with Crippen LogP contribution in [0, 0.1) is 0 Å². The topological polar surface area (TPSA) is 97.4 Å². The minimum Gasteiger partial charge on any atom is -0.438 e. The minimum atomic E-state index is -3.90. The number of hydrogen-bond donors (Lipinski definition) is 0. The van der Waals surface area contributed by atoms with Gasteiger partial charge >= 0.3 is 19.8 Å². The average Bonchev–Trinajstić information content (AvgIpc) is 2.25. The van der Waals surface area contributed by atoms with Gasteiger partial charge in [0.1, 0.15) is 0 Å². The fraction of sp³-hybridized carbons (Fsp3) is 0.778. The number of hydrogen-bond acceptors (Lipinski definition) is 8. The molecule has 8 nitrogen and oxygen atoms in total. The van der Waals surface area contributed by atoms with Crippen LogP contribution in [-0.4, -0.2) is 32.1 Å². The third-order valence-electron chi connectivity index (χ3n) is 1.40. The van der Waals surface area contributed by atoms with Gasteiger partial charge in [0.25, 0.3) is 0 Å². The molecule has 0 aliphatic rings. The third kappa shape index (κ3) is 9.12. The lowest BCUT2D eigenvalue weighted by molar-refractivity contribution is -0.150. The first-order chi connectivity index (χ1) is 8.39. The van der Waals surface area contributed by atoms with Gasteiger partial charge in [-0.25, -0.2) is 13.6 Å². The summed E-state index contributed by atoms with van der Waals surface area (Å²) in [4.78, 5) is 21.0. The summed E-state index contributed by atoms with van der Waals surface area (Å²) in [5, 5.41) is 0.